The number of anilines is 2. The van der Waals surface area contributed by atoms with E-state index in [9.17, 15) is 21.2 Å². The normalized spacial score (nSPS) is 15.3. The Labute approximate surface area is 242 Å². The summed E-state index contributed by atoms with van der Waals surface area (Å²) in [6, 6.07) is 8.59. The molecular weight excluding hydrogens is 592 g/mol. The lowest BCUT2D eigenvalue weighted by Gasteiger charge is -2.30. The topological polar surface area (TPSA) is 147 Å². The van der Waals surface area contributed by atoms with Crippen LogP contribution in [0.2, 0.25) is 0 Å². The van der Waals surface area contributed by atoms with Gasteiger partial charge in [0.15, 0.2) is 0 Å². The van der Waals surface area contributed by atoms with Crippen molar-refractivity contribution in [2.24, 2.45) is 0 Å². The van der Waals surface area contributed by atoms with E-state index < -0.39 is 25.9 Å². The smallest absolute Gasteiger partial charge is 0.295 e. The van der Waals surface area contributed by atoms with Gasteiger partial charge in [-0.2, -0.15) is 8.42 Å². The van der Waals surface area contributed by atoms with E-state index in [1.807, 2.05) is 13.8 Å². The second kappa shape index (κ2) is 11.5. The van der Waals surface area contributed by atoms with Crippen LogP contribution in [-0.4, -0.2) is 61.5 Å². The van der Waals surface area contributed by atoms with Gasteiger partial charge in [-0.1, -0.05) is 13.8 Å². The number of halogens is 1. The number of thiazole rings is 1. The first-order valence-corrected chi connectivity index (χ1v) is 17.0. The fraction of sp³-hybridized carbons (Fsp3) is 0.346. The Morgan fingerprint density at radius 3 is 2.51 bits per heavy atom. The fourth-order valence-corrected chi connectivity index (χ4v) is 7.30. The van der Waals surface area contributed by atoms with Gasteiger partial charge in [-0.15, -0.1) is 11.3 Å². The number of nitrogens with one attached hydrogen (secondary N) is 2. The molecule has 41 heavy (non-hydrogen) atoms. The molecule has 4 heterocycles. The number of sulfonamides is 2. The van der Waals surface area contributed by atoms with Gasteiger partial charge < -0.3 is 9.73 Å². The van der Waals surface area contributed by atoms with Crippen LogP contribution in [0.15, 0.2) is 58.4 Å². The van der Waals surface area contributed by atoms with Gasteiger partial charge in [0, 0.05) is 36.8 Å². The van der Waals surface area contributed by atoms with Gasteiger partial charge in [0.1, 0.15) is 5.82 Å². The zero-order valence-corrected chi connectivity index (χ0v) is 25.0. The maximum absolute atomic E-state index is 14.7. The first-order valence-electron chi connectivity index (χ1n) is 12.8. The summed E-state index contributed by atoms with van der Waals surface area (Å²) in [5.74, 6) is -0.249. The molecule has 0 amide bonds. The van der Waals surface area contributed by atoms with Gasteiger partial charge >= 0.3 is 0 Å². The van der Waals surface area contributed by atoms with E-state index >= 15 is 0 Å². The zero-order valence-electron chi connectivity index (χ0n) is 22.5. The number of furan rings is 1. The third kappa shape index (κ3) is 6.58. The van der Waals surface area contributed by atoms with E-state index in [2.05, 4.69) is 15.0 Å². The van der Waals surface area contributed by atoms with E-state index in [-0.39, 0.29) is 22.7 Å². The molecule has 0 atom stereocenters. The van der Waals surface area contributed by atoms with Gasteiger partial charge in [0.2, 0.25) is 21.1 Å². The third-order valence-electron chi connectivity index (χ3n) is 6.53. The third-order valence-corrected chi connectivity index (χ3v) is 10.5. The SMILES string of the molecule is CC(C)c1nc(-c2ccc(F)c(NS(=O)(=O)c3ccco3)c2)c(-c2ccnc(NC3CCN(S(C)(=O)=O)CC3)n2)s1. The van der Waals surface area contributed by atoms with Crippen LogP contribution in [0, 0.1) is 5.82 Å². The van der Waals surface area contributed by atoms with Crippen LogP contribution in [0.3, 0.4) is 0 Å². The molecule has 3 aromatic heterocycles. The number of benzene rings is 1. The molecule has 218 valence electrons. The summed E-state index contributed by atoms with van der Waals surface area (Å²) in [6.45, 7) is 4.86. The van der Waals surface area contributed by atoms with Gasteiger partial charge in [0.25, 0.3) is 10.0 Å². The number of rotatable bonds is 9. The molecule has 4 aromatic rings. The van der Waals surface area contributed by atoms with E-state index in [0.29, 0.717) is 48.8 Å². The minimum atomic E-state index is -4.13. The zero-order chi connectivity index (χ0) is 29.4. The molecule has 2 N–H and O–H groups in total. The predicted molar refractivity (Wildman–Crippen MR) is 155 cm³/mol. The molecule has 11 nitrogen and oxygen atoms in total. The lowest BCUT2D eigenvalue weighted by atomic mass is 10.1. The second-order valence-electron chi connectivity index (χ2n) is 9.96. The second-order valence-corrected chi connectivity index (χ2v) is 14.6. The highest BCUT2D eigenvalue weighted by atomic mass is 32.2. The van der Waals surface area contributed by atoms with E-state index in [4.69, 9.17) is 14.4 Å². The summed E-state index contributed by atoms with van der Waals surface area (Å²) in [5, 5.41) is 3.81. The first-order chi connectivity index (χ1) is 19.4. The summed E-state index contributed by atoms with van der Waals surface area (Å²) in [4.78, 5) is 14.6. The summed E-state index contributed by atoms with van der Waals surface area (Å²) < 4.78 is 72.4. The van der Waals surface area contributed by atoms with Gasteiger partial charge in [-0.3, -0.25) is 4.72 Å². The van der Waals surface area contributed by atoms with Crippen molar-refractivity contribution in [2.45, 2.75) is 43.7 Å². The predicted octanol–water partition coefficient (Wildman–Crippen LogP) is 4.76. The maximum Gasteiger partial charge on any atom is 0.295 e. The molecule has 1 aliphatic rings. The summed E-state index contributed by atoms with van der Waals surface area (Å²) in [5.41, 5.74) is 1.39. The van der Waals surface area contributed by atoms with Crippen LogP contribution in [0.4, 0.5) is 16.0 Å². The molecule has 1 aliphatic heterocycles. The van der Waals surface area contributed by atoms with Crippen molar-refractivity contribution in [1.29, 1.82) is 0 Å². The highest BCUT2D eigenvalue weighted by Crippen LogP contribution is 2.39. The van der Waals surface area contributed by atoms with Gasteiger partial charge in [0.05, 0.1) is 39.5 Å². The Morgan fingerprint density at radius 1 is 1.10 bits per heavy atom. The van der Waals surface area contributed by atoms with Crippen LogP contribution in [0.1, 0.15) is 37.6 Å². The lowest BCUT2D eigenvalue weighted by Crippen LogP contribution is -2.42. The van der Waals surface area contributed by atoms with Crippen molar-refractivity contribution >= 4 is 43.0 Å². The highest BCUT2D eigenvalue weighted by Gasteiger charge is 2.26. The summed E-state index contributed by atoms with van der Waals surface area (Å²) in [6.07, 6.45) is 5.30. The van der Waals surface area contributed by atoms with Crippen LogP contribution < -0.4 is 10.0 Å². The van der Waals surface area contributed by atoms with E-state index in [0.717, 1.165) is 9.88 Å². The molecular formula is C26H29FN6O5S3. The van der Waals surface area contributed by atoms with Crippen molar-refractivity contribution in [3.63, 3.8) is 0 Å². The molecule has 5 rings (SSSR count). The van der Waals surface area contributed by atoms with Crippen molar-refractivity contribution in [3.05, 3.63) is 59.7 Å². The molecule has 0 aliphatic carbocycles. The average molecular weight is 621 g/mol. The van der Waals surface area contributed by atoms with Crippen molar-refractivity contribution in [2.75, 3.05) is 29.4 Å². The first kappa shape index (κ1) is 29.1. The minimum Gasteiger partial charge on any atom is -0.451 e. The molecule has 0 bridgehead atoms. The van der Waals surface area contributed by atoms with Crippen LogP contribution in [0.5, 0.6) is 0 Å². The quantitative estimate of drug-likeness (QED) is 0.270. The average Bonchev–Trinajstić information content (AvgIpc) is 3.62. The number of hydrogen-bond acceptors (Lipinski definition) is 10. The summed E-state index contributed by atoms with van der Waals surface area (Å²) in [7, 11) is -7.36. The molecule has 1 fully saturated rings. The Bertz CT molecular complexity index is 1750. The Kier molecular flexibility index (Phi) is 8.14. The molecule has 0 saturated carbocycles. The standard InChI is InChI=1S/C26H29FN6O5S3/c1-16(2)25-31-23(17-6-7-19(27)21(15-17)32-41(36,37)22-5-4-14-38-22)24(39-25)20-8-11-28-26(30-20)29-18-9-12-33(13-10-18)40(3,34)35/h4-8,11,14-16,18,32H,9-10,12-13H2,1-3H3,(H,28,29,30). The van der Waals surface area contributed by atoms with Crippen LogP contribution in [0.25, 0.3) is 21.8 Å². The van der Waals surface area contributed by atoms with Crippen LogP contribution in [-0.2, 0) is 20.0 Å². The van der Waals surface area contributed by atoms with Crippen molar-refractivity contribution in [1.82, 2.24) is 19.3 Å². The summed E-state index contributed by atoms with van der Waals surface area (Å²) >= 11 is 1.44. The Morgan fingerprint density at radius 2 is 1.85 bits per heavy atom. The minimum absolute atomic E-state index is 0.0113. The Balaban J connectivity index is 1.44. The number of piperidine rings is 1. The number of hydrogen-bond donors (Lipinski definition) is 2. The van der Waals surface area contributed by atoms with Crippen molar-refractivity contribution in [3.8, 4) is 21.8 Å². The number of aromatic nitrogens is 3. The Hall–Kier alpha value is -3.40. The highest BCUT2D eigenvalue weighted by molar-refractivity contribution is 7.92. The molecule has 0 radical (unpaired) electrons. The lowest BCUT2D eigenvalue weighted by molar-refractivity contribution is 0.331. The molecule has 1 saturated heterocycles. The van der Waals surface area contributed by atoms with Gasteiger partial charge in [-0.05, 0) is 49.2 Å². The molecule has 1 aromatic carbocycles. The maximum atomic E-state index is 14.7. The van der Waals surface area contributed by atoms with Crippen molar-refractivity contribution < 1.29 is 25.6 Å². The van der Waals surface area contributed by atoms with Crippen LogP contribution >= 0.6 is 11.3 Å². The molecule has 0 spiro atoms. The number of nitrogens with zero attached hydrogens (tertiary/aromatic N) is 4. The van der Waals surface area contributed by atoms with E-state index in [1.54, 1.807) is 18.3 Å². The molecule has 0 unspecified atom stereocenters. The van der Waals surface area contributed by atoms with Gasteiger partial charge in [-0.25, -0.2) is 32.1 Å². The van der Waals surface area contributed by atoms with E-state index in [1.165, 1.54) is 52.4 Å². The molecule has 15 heteroatoms. The fourth-order valence-electron chi connectivity index (χ4n) is 4.38. The largest absolute Gasteiger partial charge is 0.451 e. The monoisotopic (exact) mass is 620 g/mol.